The van der Waals surface area contributed by atoms with Crippen LogP contribution in [0.5, 0.6) is 5.75 Å². The topological polar surface area (TPSA) is 80.3 Å². The van der Waals surface area contributed by atoms with Gasteiger partial charge in [0.05, 0.1) is 31.7 Å². The van der Waals surface area contributed by atoms with Crippen LogP contribution in [0.4, 0.5) is 4.39 Å². The van der Waals surface area contributed by atoms with Crippen LogP contribution in [0.2, 0.25) is 0 Å². The highest BCUT2D eigenvalue weighted by Gasteiger charge is 2.19. The van der Waals surface area contributed by atoms with E-state index >= 15 is 0 Å². The number of hydrogen-bond acceptors (Lipinski definition) is 5. The molecule has 0 aliphatic heterocycles. The molecular weight excluding hydrogens is 403 g/mol. The van der Waals surface area contributed by atoms with Crippen molar-refractivity contribution in [3.63, 3.8) is 0 Å². The van der Waals surface area contributed by atoms with E-state index in [-0.39, 0.29) is 24.3 Å². The van der Waals surface area contributed by atoms with Crippen molar-refractivity contribution in [1.82, 2.24) is 18.7 Å². The number of nitrogens with zero attached hydrogens (tertiary/aromatic N) is 4. The van der Waals surface area contributed by atoms with Crippen molar-refractivity contribution < 1.29 is 13.9 Å². The molecule has 0 fully saturated rings. The van der Waals surface area contributed by atoms with Crippen molar-refractivity contribution in [2.24, 2.45) is 0 Å². The summed E-state index contributed by atoms with van der Waals surface area (Å²) in [4.78, 5) is 30.6. The van der Waals surface area contributed by atoms with Gasteiger partial charge in [-0.25, -0.2) is 18.7 Å². The zero-order valence-corrected chi connectivity index (χ0v) is 16.9. The van der Waals surface area contributed by atoms with Gasteiger partial charge in [-0.15, -0.1) is 0 Å². The second-order valence-electron chi connectivity index (χ2n) is 6.82. The van der Waals surface area contributed by atoms with Crippen LogP contribution >= 0.6 is 0 Å². The van der Waals surface area contributed by atoms with E-state index in [9.17, 15) is 14.0 Å². The molecule has 2 aromatic heterocycles. The molecule has 0 atom stereocenters. The van der Waals surface area contributed by atoms with Gasteiger partial charge in [0, 0.05) is 7.11 Å². The number of rotatable bonds is 8. The van der Waals surface area contributed by atoms with Gasteiger partial charge in [0.1, 0.15) is 18.2 Å². The second kappa shape index (κ2) is 8.97. The highest BCUT2D eigenvalue weighted by atomic mass is 19.1. The highest BCUT2D eigenvalue weighted by molar-refractivity contribution is 5.72. The van der Waals surface area contributed by atoms with Crippen LogP contribution < -0.4 is 16.0 Å². The normalized spacial score (nSPS) is 11.2. The lowest BCUT2D eigenvalue weighted by Crippen LogP contribution is -2.41. The Morgan fingerprint density at radius 3 is 2.42 bits per heavy atom. The number of methoxy groups -OCH3 is 1. The van der Waals surface area contributed by atoms with Gasteiger partial charge in [0.15, 0.2) is 11.2 Å². The van der Waals surface area contributed by atoms with Crippen LogP contribution in [0.1, 0.15) is 0 Å². The van der Waals surface area contributed by atoms with Gasteiger partial charge in [-0.3, -0.25) is 9.36 Å². The molecule has 160 valence electrons. The van der Waals surface area contributed by atoms with E-state index in [2.05, 4.69) is 4.98 Å². The van der Waals surface area contributed by atoms with Crippen LogP contribution in [0.25, 0.3) is 16.9 Å². The molecule has 9 heteroatoms. The van der Waals surface area contributed by atoms with Crippen molar-refractivity contribution in [1.29, 1.82) is 0 Å². The third-order valence-corrected chi connectivity index (χ3v) is 4.85. The minimum Gasteiger partial charge on any atom is -0.492 e. The van der Waals surface area contributed by atoms with Gasteiger partial charge < -0.3 is 14.0 Å². The van der Waals surface area contributed by atoms with E-state index in [1.54, 1.807) is 4.57 Å². The number of benzene rings is 2. The van der Waals surface area contributed by atoms with E-state index in [0.29, 0.717) is 24.6 Å². The molecule has 0 N–H and O–H groups in total. The smallest absolute Gasteiger partial charge is 0.337 e. The Kier molecular flexibility index (Phi) is 5.94. The predicted molar refractivity (Wildman–Crippen MR) is 113 cm³/mol. The van der Waals surface area contributed by atoms with E-state index in [1.807, 2.05) is 30.3 Å². The predicted octanol–water partition coefficient (Wildman–Crippen LogP) is 2.21. The number of ether oxygens (including phenoxy) is 2. The molecule has 8 nitrogen and oxygen atoms in total. The van der Waals surface area contributed by atoms with Crippen LogP contribution in [0.3, 0.4) is 0 Å². The van der Waals surface area contributed by atoms with E-state index in [4.69, 9.17) is 9.47 Å². The van der Waals surface area contributed by atoms with Gasteiger partial charge in [-0.1, -0.05) is 18.2 Å². The molecule has 0 unspecified atom stereocenters. The maximum absolute atomic E-state index is 13.4. The fraction of sp³-hybridized carbons (Fsp3) is 0.227. The molecule has 0 bridgehead atoms. The molecule has 0 radical (unpaired) electrons. The summed E-state index contributed by atoms with van der Waals surface area (Å²) in [7, 11) is 1.49. The number of aromatic nitrogens is 4. The molecule has 0 aliphatic carbocycles. The molecule has 0 aliphatic rings. The van der Waals surface area contributed by atoms with Crippen LogP contribution in [-0.2, 0) is 17.8 Å². The Hall–Kier alpha value is -3.72. The van der Waals surface area contributed by atoms with Crippen LogP contribution in [-0.4, -0.2) is 39.0 Å². The van der Waals surface area contributed by atoms with Crippen LogP contribution in [0.15, 0.2) is 70.5 Å². The first kappa shape index (κ1) is 20.5. The highest BCUT2D eigenvalue weighted by Crippen LogP contribution is 2.14. The lowest BCUT2D eigenvalue weighted by atomic mass is 10.3. The number of halogens is 1. The van der Waals surface area contributed by atoms with Gasteiger partial charge in [-0.2, -0.15) is 0 Å². The van der Waals surface area contributed by atoms with Crippen LogP contribution in [0, 0.1) is 5.82 Å². The fourth-order valence-corrected chi connectivity index (χ4v) is 3.33. The summed E-state index contributed by atoms with van der Waals surface area (Å²) in [6.07, 6.45) is 1.50. The summed E-state index contributed by atoms with van der Waals surface area (Å²) < 4.78 is 28.3. The Morgan fingerprint density at radius 2 is 1.71 bits per heavy atom. The van der Waals surface area contributed by atoms with E-state index < -0.39 is 17.1 Å². The average Bonchev–Trinajstić information content (AvgIpc) is 3.19. The Labute approximate surface area is 176 Å². The fourth-order valence-electron chi connectivity index (χ4n) is 3.33. The lowest BCUT2D eigenvalue weighted by Gasteiger charge is -2.13. The van der Waals surface area contributed by atoms with Gasteiger partial charge in [0.2, 0.25) is 0 Å². The molecule has 0 saturated heterocycles. The first-order valence-corrected chi connectivity index (χ1v) is 9.73. The van der Waals surface area contributed by atoms with E-state index in [0.717, 1.165) is 4.57 Å². The first-order valence-electron chi connectivity index (χ1n) is 9.73. The summed E-state index contributed by atoms with van der Waals surface area (Å²) in [5, 5.41) is 0. The van der Waals surface area contributed by atoms with Crippen molar-refractivity contribution >= 4 is 11.2 Å². The van der Waals surface area contributed by atoms with Crippen molar-refractivity contribution in [3.05, 3.63) is 87.6 Å². The zero-order valence-electron chi connectivity index (χ0n) is 16.9. The zero-order chi connectivity index (χ0) is 21.8. The summed E-state index contributed by atoms with van der Waals surface area (Å²) in [6, 6.07) is 14.8. The van der Waals surface area contributed by atoms with Gasteiger partial charge in [0.25, 0.3) is 5.56 Å². The Morgan fingerprint density at radius 1 is 0.968 bits per heavy atom. The molecule has 31 heavy (non-hydrogen) atoms. The standard InChI is InChI=1S/C22H21FN4O4/c1-30-13-12-26-21(28)19-20(27(22(26)29)17-9-7-16(23)8-10-17)24-15-25(19)11-14-31-18-5-3-2-4-6-18/h2-10,15H,11-14H2,1H3. The lowest BCUT2D eigenvalue weighted by molar-refractivity contribution is 0.184. The SMILES string of the molecule is COCCn1c(=O)c2c(ncn2CCOc2ccccc2)n(-c2ccc(F)cc2)c1=O. The largest absolute Gasteiger partial charge is 0.492 e. The molecule has 0 saturated carbocycles. The van der Waals surface area contributed by atoms with E-state index in [1.165, 1.54) is 42.3 Å². The summed E-state index contributed by atoms with van der Waals surface area (Å²) in [6.45, 7) is 0.932. The molecule has 4 aromatic rings. The van der Waals surface area contributed by atoms with Gasteiger partial charge in [-0.05, 0) is 36.4 Å². The molecule has 0 amide bonds. The molecule has 2 heterocycles. The maximum atomic E-state index is 13.4. The molecule has 2 aromatic carbocycles. The number of imidazole rings is 1. The first-order chi connectivity index (χ1) is 15.1. The number of hydrogen-bond donors (Lipinski definition) is 0. The molecular formula is C22H21FN4O4. The molecule has 4 rings (SSSR count). The number of fused-ring (bicyclic) bond motifs is 1. The van der Waals surface area contributed by atoms with Crippen molar-refractivity contribution in [2.75, 3.05) is 20.3 Å². The van der Waals surface area contributed by atoms with Crippen molar-refractivity contribution in [2.45, 2.75) is 13.1 Å². The van der Waals surface area contributed by atoms with Crippen molar-refractivity contribution in [3.8, 4) is 11.4 Å². The minimum absolute atomic E-state index is 0.0804. The minimum atomic E-state index is -0.563. The number of para-hydroxylation sites is 1. The monoisotopic (exact) mass is 424 g/mol. The summed E-state index contributed by atoms with van der Waals surface area (Å²) in [5.74, 6) is 0.289. The summed E-state index contributed by atoms with van der Waals surface area (Å²) in [5.41, 5.74) is -0.153. The molecule has 0 spiro atoms. The second-order valence-corrected chi connectivity index (χ2v) is 6.82. The quantitative estimate of drug-likeness (QED) is 0.433. The Bertz CT molecular complexity index is 1290. The third-order valence-electron chi connectivity index (χ3n) is 4.85. The maximum Gasteiger partial charge on any atom is 0.337 e. The summed E-state index contributed by atoms with van der Waals surface area (Å²) >= 11 is 0. The van der Waals surface area contributed by atoms with Gasteiger partial charge >= 0.3 is 5.69 Å². The Balaban J connectivity index is 1.78. The third kappa shape index (κ3) is 4.13. The average molecular weight is 424 g/mol.